The summed E-state index contributed by atoms with van der Waals surface area (Å²) in [6, 6.07) is 8.49. The number of nitrogens with zero attached hydrogens (tertiary/aromatic N) is 6. The zero-order chi connectivity index (χ0) is 19.4. The van der Waals surface area contributed by atoms with Gasteiger partial charge in [0.05, 0.1) is 17.5 Å². The largest absolute Gasteiger partial charge is 0.326 e. The maximum Gasteiger partial charge on any atom is 0.234 e. The van der Waals surface area contributed by atoms with Crippen molar-refractivity contribution in [2.75, 3.05) is 12.8 Å². The minimum atomic E-state index is -0.672. The summed E-state index contributed by atoms with van der Waals surface area (Å²) < 4.78 is 1.67. The van der Waals surface area contributed by atoms with Gasteiger partial charge in [-0.05, 0) is 54.3 Å². The summed E-state index contributed by atoms with van der Waals surface area (Å²) in [4.78, 5) is 14.4. The minimum Gasteiger partial charge on any atom is -0.326 e. The first kappa shape index (κ1) is 19.4. The Morgan fingerprint density at radius 3 is 2.78 bits per heavy atom. The summed E-state index contributed by atoms with van der Waals surface area (Å²) in [6.45, 7) is 4.02. The Bertz CT molecular complexity index is 865. The average molecular weight is 385 g/mol. The number of aromatic nitrogens is 4. The molecule has 0 bridgehead atoms. The highest BCUT2D eigenvalue weighted by molar-refractivity contribution is 7.99. The normalized spacial score (nSPS) is 15.9. The number of hydrogen-bond donors (Lipinski definition) is 0. The topological polar surface area (TPSA) is 87.7 Å². The molecule has 8 heteroatoms. The zero-order valence-electron chi connectivity index (χ0n) is 16.0. The Balaban J connectivity index is 1.73. The van der Waals surface area contributed by atoms with Crippen LogP contribution in [0, 0.1) is 25.2 Å². The molecule has 1 saturated carbocycles. The van der Waals surface area contributed by atoms with Crippen molar-refractivity contribution in [3.05, 3.63) is 29.3 Å². The van der Waals surface area contributed by atoms with Gasteiger partial charge in [-0.25, -0.2) is 0 Å². The highest BCUT2D eigenvalue weighted by Gasteiger charge is 2.38. The van der Waals surface area contributed by atoms with Gasteiger partial charge >= 0.3 is 0 Å². The van der Waals surface area contributed by atoms with Crippen LogP contribution in [0.3, 0.4) is 0 Å². The summed E-state index contributed by atoms with van der Waals surface area (Å²) in [5, 5.41) is 22.2. The second-order valence-electron chi connectivity index (χ2n) is 7.11. The maximum absolute atomic E-state index is 12.7. The fourth-order valence-corrected chi connectivity index (χ4v) is 4.29. The van der Waals surface area contributed by atoms with E-state index in [9.17, 15) is 10.1 Å². The maximum atomic E-state index is 12.7. The SMILES string of the molecule is Cc1ccc(C)c(-n2nnnc2SCC(=O)N(C)C2(C#N)CCCCC2)c1. The van der Waals surface area contributed by atoms with Gasteiger partial charge in [0, 0.05) is 7.05 Å². The van der Waals surface area contributed by atoms with Gasteiger partial charge in [-0.1, -0.05) is 43.2 Å². The molecule has 3 rings (SSSR count). The van der Waals surface area contributed by atoms with E-state index >= 15 is 0 Å². The minimum absolute atomic E-state index is 0.0704. The molecular weight excluding hydrogens is 360 g/mol. The van der Waals surface area contributed by atoms with Crippen molar-refractivity contribution in [3.8, 4) is 11.8 Å². The van der Waals surface area contributed by atoms with E-state index in [-0.39, 0.29) is 11.7 Å². The molecule has 1 aromatic carbocycles. The van der Waals surface area contributed by atoms with Crippen LogP contribution >= 0.6 is 11.8 Å². The molecule has 142 valence electrons. The molecule has 1 amide bonds. The van der Waals surface area contributed by atoms with Crippen molar-refractivity contribution in [2.24, 2.45) is 0 Å². The summed E-state index contributed by atoms with van der Waals surface area (Å²) in [5.41, 5.74) is 2.41. The Hall–Kier alpha value is -2.40. The first-order chi connectivity index (χ1) is 13.0. The van der Waals surface area contributed by atoms with Gasteiger partial charge in [0.25, 0.3) is 0 Å². The molecule has 27 heavy (non-hydrogen) atoms. The zero-order valence-corrected chi connectivity index (χ0v) is 16.8. The number of carbonyl (C=O) groups is 1. The van der Waals surface area contributed by atoms with Crippen molar-refractivity contribution in [3.63, 3.8) is 0 Å². The second-order valence-corrected chi connectivity index (χ2v) is 8.05. The van der Waals surface area contributed by atoms with E-state index in [0.29, 0.717) is 5.16 Å². The number of hydrogen-bond acceptors (Lipinski definition) is 6. The van der Waals surface area contributed by atoms with Crippen LogP contribution in [-0.4, -0.2) is 49.4 Å². The van der Waals surface area contributed by atoms with Gasteiger partial charge < -0.3 is 4.90 Å². The van der Waals surface area contributed by atoms with E-state index in [4.69, 9.17) is 0 Å². The Morgan fingerprint density at radius 2 is 2.07 bits per heavy atom. The van der Waals surface area contributed by atoms with E-state index in [1.807, 2.05) is 32.0 Å². The quantitative estimate of drug-likeness (QED) is 0.736. The van der Waals surface area contributed by atoms with Gasteiger partial charge in [-0.3, -0.25) is 4.79 Å². The van der Waals surface area contributed by atoms with Crippen molar-refractivity contribution >= 4 is 17.7 Å². The molecule has 2 aromatic rings. The first-order valence-corrected chi connectivity index (χ1v) is 10.1. The molecule has 1 aromatic heterocycles. The van der Waals surface area contributed by atoms with E-state index in [1.54, 1.807) is 16.6 Å². The van der Waals surface area contributed by atoms with Crippen LogP contribution in [-0.2, 0) is 4.79 Å². The van der Waals surface area contributed by atoms with Gasteiger partial charge in [0.2, 0.25) is 11.1 Å². The van der Waals surface area contributed by atoms with Crippen LogP contribution in [0.2, 0.25) is 0 Å². The number of thioether (sulfide) groups is 1. The number of carbonyl (C=O) groups excluding carboxylic acids is 1. The molecule has 1 heterocycles. The lowest BCUT2D eigenvalue weighted by molar-refractivity contribution is -0.131. The lowest BCUT2D eigenvalue weighted by atomic mass is 9.81. The van der Waals surface area contributed by atoms with Crippen molar-refractivity contribution < 1.29 is 4.79 Å². The smallest absolute Gasteiger partial charge is 0.234 e. The van der Waals surface area contributed by atoms with Crippen LogP contribution in [0.15, 0.2) is 23.4 Å². The van der Waals surface area contributed by atoms with Crippen molar-refractivity contribution in [2.45, 2.75) is 56.6 Å². The molecule has 0 spiro atoms. The lowest BCUT2D eigenvalue weighted by Gasteiger charge is -2.39. The van der Waals surface area contributed by atoms with E-state index in [0.717, 1.165) is 48.9 Å². The Kier molecular flexibility index (Phi) is 5.80. The molecule has 0 saturated heterocycles. The molecule has 0 radical (unpaired) electrons. The fraction of sp³-hybridized carbons (Fsp3) is 0.526. The Morgan fingerprint density at radius 1 is 1.33 bits per heavy atom. The summed E-state index contributed by atoms with van der Waals surface area (Å²) in [6.07, 6.45) is 4.60. The van der Waals surface area contributed by atoms with Crippen LogP contribution < -0.4 is 0 Å². The predicted molar refractivity (Wildman–Crippen MR) is 104 cm³/mol. The number of amides is 1. The van der Waals surface area contributed by atoms with E-state index < -0.39 is 5.54 Å². The molecule has 0 N–H and O–H groups in total. The van der Waals surface area contributed by atoms with E-state index in [2.05, 4.69) is 21.6 Å². The number of nitriles is 1. The van der Waals surface area contributed by atoms with Gasteiger partial charge in [0.15, 0.2) is 0 Å². The van der Waals surface area contributed by atoms with Crippen molar-refractivity contribution in [1.82, 2.24) is 25.1 Å². The molecule has 1 fully saturated rings. The highest BCUT2D eigenvalue weighted by atomic mass is 32.2. The van der Waals surface area contributed by atoms with Crippen LogP contribution in [0.5, 0.6) is 0 Å². The second kappa shape index (κ2) is 8.09. The van der Waals surface area contributed by atoms with Crippen LogP contribution in [0.1, 0.15) is 43.2 Å². The fourth-order valence-electron chi connectivity index (χ4n) is 3.49. The van der Waals surface area contributed by atoms with Gasteiger partial charge in [0.1, 0.15) is 5.54 Å². The third-order valence-corrected chi connectivity index (χ3v) is 6.17. The van der Waals surface area contributed by atoms with Crippen LogP contribution in [0.4, 0.5) is 0 Å². The van der Waals surface area contributed by atoms with Gasteiger partial charge in [-0.15, -0.1) is 5.10 Å². The summed E-state index contributed by atoms with van der Waals surface area (Å²) in [5.74, 6) is 0.129. The molecular formula is C19H24N6OS. The summed E-state index contributed by atoms with van der Waals surface area (Å²) in [7, 11) is 1.74. The molecule has 1 aliphatic rings. The third kappa shape index (κ3) is 3.98. The predicted octanol–water partition coefficient (Wildman–Crippen LogP) is 3.06. The number of tetrazole rings is 1. The average Bonchev–Trinajstić information content (AvgIpc) is 3.16. The monoisotopic (exact) mass is 384 g/mol. The number of aryl methyl sites for hydroxylation is 2. The molecule has 1 aliphatic carbocycles. The van der Waals surface area contributed by atoms with Crippen molar-refractivity contribution in [1.29, 1.82) is 5.26 Å². The Labute approximate surface area is 163 Å². The highest BCUT2D eigenvalue weighted by Crippen LogP contribution is 2.33. The standard InChI is InChI=1S/C19H24N6OS/c1-14-7-8-15(2)16(11-14)25-18(21-22-23-25)27-12-17(26)24(3)19(13-20)9-5-4-6-10-19/h7-8,11H,4-6,9-10,12H2,1-3H3. The molecule has 0 aliphatic heterocycles. The number of benzene rings is 1. The molecule has 7 nitrogen and oxygen atoms in total. The lowest BCUT2D eigenvalue weighted by Crippen LogP contribution is -2.50. The molecule has 0 atom stereocenters. The summed E-state index contributed by atoms with van der Waals surface area (Å²) >= 11 is 1.30. The van der Waals surface area contributed by atoms with Crippen LogP contribution in [0.25, 0.3) is 5.69 Å². The van der Waals surface area contributed by atoms with E-state index in [1.165, 1.54) is 11.8 Å². The molecule has 0 unspecified atom stereocenters. The first-order valence-electron chi connectivity index (χ1n) is 9.13. The number of rotatable bonds is 5. The van der Waals surface area contributed by atoms with Gasteiger partial charge in [-0.2, -0.15) is 9.94 Å². The third-order valence-electron chi connectivity index (χ3n) is 5.26.